The van der Waals surface area contributed by atoms with Gasteiger partial charge in [0.2, 0.25) is 27.7 Å². The second-order valence-corrected chi connectivity index (χ2v) is 19.0. The first-order valence-corrected chi connectivity index (χ1v) is 22.5. The van der Waals surface area contributed by atoms with E-state index >= 15 is 0 Å². The number of ether oxygens (including phenoxy) is 4. The summed E-state index contributed by atoms with van der Waals surface area (Å²) in [6.45, 7) is 6.04. The molecule has 1 aromatic carbocycles. The highest BCUT2D eigenvalue weighted by Crippen LogP contribution is 2.46. The van der Waals surface area contributed by atoms with E-state index in [9.17, 15) is 27.6 Å². The number of carbonyl (C=O) groups excluding carboxylic acids is 4. The molecule has 4 amide bonds. The van der Waals surface area contributed by atoms with Gasteiger partial charge in [-0.15, -0.1) is 6.58 Å². The second-order valence-electron chi connectivity index (χ2n) is 17.0. The van der Waals surface area contributed by atoms with E-state index in [1.54, 1.807) is 13.2 Å². The molecule has 15 nitrogen and oxygen atoms in total. The van der Waals surface area contributed by atoms with Crippen molar-refractivity contribution >= 4 is 44.7 Å². The van der Waals surface area contributed by atoms with E-state index in [2.05, 4.69) is 21.9 Å². The number of sulfonamides is 1. The normalized spacial score (nSPS) is 30.3. The van der Waals surface area contributed by atoms with Gasteiger partial charge in [-0.3, -0.25) is 19.1 Å². The van der Waals surface area contributed by atoms with E-state index in [-0.39, 0.29) is 31.4 Å². The maximum absolute atomic E-state index is 14.9. The predicted octanol–water partition coefficient (Wildman–Crippen LogP) is 4.45. The number of nitrogens with zero attached hydrogens (tertiary/aromatic N) is 2. The lowest BCUT2D eigenvalue weighted by atomic mass is 9.96. The SMILES string of the molecule is C=C[C@@H]1C[C@]1(NC(=O)[C@@H]1C[C@@H]2CN1C(=O)[C@H](C1CCCC1)NC(=O)OC1CCC(CCCc3cc4c(cc(OCC)nc4cc3OC)O2)C1)C(=O)NS(=O)(=O)C1CC1. The molecule has 7 atom stereocenters. The van der Waals surface area contributed by atoms with Crippen LogP contribution in [-0.2, 0) is 35.6 Å². The van der Waals surface area contributed by atoms with E-state index in [4.69, 9.17) is 23.9 Å². The standard InChI is InChI=1S/C42H55N5O10S/c1-4-27-22-42(27,40(50)46-58(52,53)30-15-16-30)45-38(48)33-19-29-23-47(33)39(49)37(25-10-6-7-11-25)44-41(51)57-28-14-13-24(17-28)9-8-12-26-18-31-32(20-34(26)54-3)43-36(55-5-2)21-35(31)56-29/h4,18,20-21,24-25,27-30,33,37H,1,5-17,19,22-23H2,2-3H3,(H,44,51)(H,45,48)(H,46,50)/t24?,27-,28?,29-,33+,37+,42-/m1/s1. The Labute approximate surface area is 339 Å². The summed E-state index contributed by atoms with van der Waals surface area (Å²) in [5.41, 5.74) is 0.0438. The fourth-order valence-corrected chi connectivity index (χ4v) is 11.0. The first-order valence-electron chi connectivity index (χ1n) is 21.0. The molecule has 314 valence electrons. The number of fused-ring (bicyclic) bond motifs is 5. The Morgan fingerprint density at radius 1 is 1.03 bits per heavy atom. The highest BCUT2D eigenvalue weighted by atomic mass is 32.2. The van der Waals surface area contributed by atoms with Gasteiger partial charge < -0.3 is 34.5 Å². The molecular weight excluding hydrogens is 767 g/mol. The summed E-state index contributed by atoms with van der Waals surface area (Å²) in [4.78, 5) is 62.9. The number of hydrogen-bond acceptors (Lipinski definition) is 11. The molecule has 2 aromatic rings. The summed E-state index contributed by atoms with van der Waals surface area (Å²) in [6.07, 6.45) is 9.33. The molecule has 0 spiro atoms. The second kappa shape index (κ2) is 16.2. The van der Waals surface area contributed by atoms with Crippen LogP contribution in [0.2, 0.25) is 0 Å². The molecule has 16 heteroatoms. The molecule has 6 aliphatic rings. The van der Waals surface area contributed by atoms with Gasteiger partial charge in [-0.1, -0.05) is 18.9 Å². The van der Waals surface area contributed by atoms with Gasteiger partial charge in [0, 0.05) is 29.9 Å². The number of pyridine rings is 1. The third kappa shape index (κ3) is 8.17. The maximum atomic E-state index is 14.9. The summed E-state index contributed by atoms with van der Waals surface area (Å²) in [6, 6.07) is 3.56. The van der Waals surface area contributed by atoms with E-state index in [0.717, 1.165) is 75.2 Å². The Balaban J connectivity index is 1.15. The van der Waals surface area contributed by atoms with Crippen molar-refractivity contribution in [3.63, 3.8) is 0 Å². The van der Waals surface area contributed by atoms with Crippen LogP contribution in [0.5, 0.6) is 17.4 Å². The zero-order valence-electron chi connectivity index (χ0n) is 33.3. The Kier molecular flexibility index (Phi) is 11.2. The van der Waals surface area contributed by atoms with Crippen LogP contribution in [0.4, 0.5) is 4.79 Å². The highest BCUT2D eigenvalue weighted by Gasteiger charge is 2.62. The van der Waals surface area contributed by atoms with Gasteiger partial charge in [0.05, 0.1) is 31.0 Å². The van der Waals surface area contributed by atoms with Crippen LogP contribution in [0.3, 0.4) is 0 Å². The number of amides is 4. The smallest absolute Gasteiger partial charge is 0.408 e. The van der Waals surface area contributed by atoms with Crippen LogP contribution in [0.25, 0.3) is 10.9 Å². The molecule has 4 aliphatic carbocycles. The van der Waals surface area contributed by atoms with Crippen molar-refractivity contribution in [2.45, 2.75) is 132 Å². The molecular formula is C42H55N5O10S. The molecule has 4 saturated carbocycles. The van der Waals surface area contributed by atoms with Gasteiger partial charge in [-0.25, -0.2) is 18.2 Å². The molecule has 3 heterocycles. The molecule has 3 N–H and O–H groups in total. The molecule has 1 saturated heterocycles. The largest absolute Gasteiger partial charge is 0.496 e. The molecule has 2 unspecified atom stereocenters. The van der Waals surface area contributed by atoms with Crippen LogP contribution < -0.4 is 29.6 Å². The molecule has 5 fully saturated rings. The number of benzene rings is 1. The van der Waals surface area contributed by atoms with Crippen LogP contribution in [0.15, 0.2) is 30.9 Å². The van der Waals surface area contributed by atoms with Crippen LogP contribution in [-0.4, -0.2) is 97.5 Å². The quantitative estimate of drug-likeness (QED) is 0.287. The third-order valence-electron chi connectivity index (χ3n) is 13.1. The van der Waals surface area contributed by atoms with Crippen molar-refractivity contribution in [3.05, 3.63) is 36.4 Å². The number of hydrogen-bond donors (Lipinski definition) is 3. The first kappa shape index (κ1) is 40.2. The lowest BCUT2D eigenvalue weighted by Crippen LogP contribution is -2.59. The number of aryl methyl sites for hydroxylation is 1. The van der Waals surface area contributed by atoms with E-state index in [1.807, 2.05) is 19.1 Å². The lowest BCUT2D eigenvalue weighted by molar-refractivity contribution is -0.142. The number of aromatic nitrogens is 1. The summed E-state index contributed by atoms with van der Waals surface area (Å²) < 4.78 is 52.2. The Hall–Kier alpha value is -4.60. The first-order chi connectivity index (χ1) is 27.9. The van der Waals surface area contributed by atoms with Gasteiger partial charge in [-0.2, -0.15) is 0 Å². The van der Waals surface area contributed by atoms with E-state index in [0.29, 0.717) is 48.3 Å². The maximum Gasteiger partial charge on any atom is 0.408 e. The fourth-order valence-electron chi connectivity index (χ4n) is 9.67. The van der Waals surface area contributed by atoms with Gasteiger partial charge in [0.1, 0.15) is 41.3 Å². The summed E-state index contributed by atoms with van der Waals surface area (Å²) in [7, 11) is -2.27. The van der Waals surface area contributed by atoms with Crippen molar-refractivity contribution in [2.24, 2.45) is 17.8 Å². The van der Waals surface area contributed by atoms with Gasteiger partial charge in [0.25, 0.3) is 5.91 Å². The van der Waals surface area contributed by atoms with Crippen LogP contribution >= 0.6 is 0 Å². The van der Waals surface area contributed by atoms with Crippen molar-refractivity contribution in [3.8, 4) is 17.4 Å². The minimum absolute atomic E-state index is 0.00187. The molecule has 58 heavy (non-hydrogen) atoms. The zero-order valence-corrected chi connectivity index (χ0v) is 34.2. The summed E-state index contributed by atoms with van der Waals surface area (Å²) in [5, 5.41) is 5.88. The van der Waals surface area contributed by atoms with Gasteiger partial charge in [0.15, 0.2) is 0 Å². The van der Waals surface area contributed by atoms with Gasteiger partial charge in [-0.05, 0) is 101 Å². The molecule has 8 rings (SSSR count). The zero-order chi connectivity index (χ0) is 40.8. The Morgan fingerprint density at radius 2 is 1.83 bits per heavy atom. The minimum atomic E-state index is -3.90. The topological polar surface area (TPSA) is 192 Å². The minimum Gasteiger partial charge on any atom is -0.496 e. The van der Waals surface area contributed by atoms with Crippen molar-refractivity contribution in [1.82, 2.24) is 25.2 Å². The molecule has 1 aromatic heterocycles. The third-order valence-corrected chi connectivity index (χ3v) is 14.9. The monoisotopic (exact) mass is 821 g/mol. The Bertz CT molecular complexity index is 2070. The number of carbonyl (C=O) groups is 4. The number of alkyl carbamates (subject to hydrolysis) is 1. The molecule has 2 aliphatic heterocycles. The number of nitrogens with one attached hydrogen (secondary N) is 3. The average molecular weight is 822 g/mol. The van der Waals surface area contributed by atoms with E-state index in [1.165, 1.54) is 11.0 Å². The molecule has 6 bridgehead atoms. The highest BCUT2D eigenvalue weighted by molar-refractivity contribution is 7.91. The molecule has 0 radical (unpaired) electrons. The van der Waals surface area contributed by atoms with Crippen LogP contribution in [0.1, 0.15) is 96.0 Å². The van der Waals surface area contributed by atoms with Crippen LogP contribution in [0, 0.1) is 17.8 Å². The van der Waals surface area contributed by atoms with Crippen molar-refractivity contribution < 1.29 is 46.5 Å². The number of methoxy groups -OCH3 is 1. The summed E-state index contributed by atoms with van der Waals surface area (Å²) >= 11 is 0. The summed E-state index contributed by atoms with van der Waals surface area (Å²) in [5.74, 6) is -0.675. The van der Waals surface area contributed by atoms with Crippen molar-refractivity contribution in [2.75, 3.05) is 20.3 Å². The van der Waals surface area contributed by atoms with Crippen molar-refractivity contribution in [1.29, 1.82) is 0 Å². The average Bonchev–Trinajstić information content (AvgIpc) is 3.98. The van der Waals surface area contributed by atoms with Gasteiger partial charge >= 0.3 is 6.09 Å². The Morgan fingerprint density at radius 3 is 2.53 bits per heavy atom. The fraction of sp³-hybridized carbons (Fsp3) is 0.643. The predicted molar refractivity (Wildman–Crippen MR) is 213 cm³/mol. The van der Waals surface area contributed by atoms with E-state index < -0.39 is 68.7 Å². The number of rotatable bonds is 10. The lowest BCUT2D eigenvalue weighted by Gasteiger charge is -2.32.